The van der Waals surface area contributed by atoms with Crippen LogP contribution in [0, 0.1) is 12.7 Å². The fraction of sp³-hybridized carbons (Fsp3) is 0.263. The van der Waals surface area contributed by atoms with Gasteiger partial charge in [0.15, 0.2) is 0 Å². The highest BCUT2D eigenvalue weighted by molar-refractivity contribution is 9.10. The number of benzene rings is 1. The molecule has 3 rings (SSSR count). The first-order valence-corrected chi connectivity index (χ1v) is 8.98. The predicted molar refractivity (Wildman–Crippen MR) is 99.4 cm³/mol. The standard InChI is InChI=1S/C19H19BrFN3O/c1-3-16-17(24-11-14(20)10-12(2)18(24)23-16)19(25)22-9-8-13-4-6-15(21)7-5-13/h4-7,10-11H,3,8-9H2,1-2H3,(H,22,25). The fourth-order valence-corrected chi connectivity index (χ4v) is 3.41. The van der Waals surface area contributed by atoms with Crippen LogP contribution in [0.15, 0.2) is 41.0 Å². The molecular weight excluding hydrogens is 385 g/mol. The molecule has 0 fully saturated rings. The molecule has 1 N–H and O–H groups in total. The lowest BCUT2D eigenvalue weighted by Crippen LogP contribution is -2.27. The number of hydrogen-bond donors (Lipinski definition) is 1. The first-order chi connectivity index (χ1) is 12.0. The van der Waals surface area contributed by atoms with Gasteiger partial charge in [-0.3, -0.25) is 9.20 Å². The van der Waals surface area contributed by atoms with Crippen LogP contribution in [-0.2, 0) is 12.8 Å². The van der Waals surface area contributed by atoms with Crippen LogP contribution in [-0.4, -0.2) is 21.8 Å². The monoisotopic (exact) mass is 403 g/mol. The van der Waals surface area contributed by atoms with Gasteiger partial charge in [0.2, 0.25) is 0 Å². The fourth-order valence-electron chi connectivity index (χ4n) is 2.86. The van der Waals surface area contributed by atoms with E-state index in [0.29, 0.717) is 25.1 Å². The molecule has 2 aromatic heterocycles. The average Bonchev–Trinajstić information content (AvgIpc) is 2.95. The first-order valence-electron chi connectivity index (χ1n) is 8.19. The van der Waals surface area contributed by atoms with Crippen LogP contribution in [0.25, 0.3) is 5.65 Å². The predicted octanol–water partition coefficient (Wildman–Crippen LogP) is 4.08. The Morgan fingerprint density at radius 3 is 2.72 bits per heavy atom. The third-order valence-corrected chi connectivity index (χ3v) is 4.54. The van der Waals surface area contributed by atoms with E-state index in [4.69, 9.17) is 0 Å². The van der Waals surface area contributed by atoms with Gasteiger partial charge >= 0.3 is 0 Å². The van der Waals surface area contributed by atoms with Crippen molar-refractivity contribution in [3.63, 3.8) is 0 Å². The maximum atomic E-state index is 12.9. The van der Waals surface area contributed by atoms with E-state index >= 15 is 0 Å². The van der Waals surface area contributed by atoms with E-state index in [1.807, 2.05) is 30.5 Å². The Morgan fingerprint density at radius 1 is 1.32 bits per heavy atom. The molecule has 3 aromatic rings. The van der Waals surface area contributed by atoms with E-state index in [0.717, 1.165) is 26.9 Å². The molecule has 0 radical (unpaired) electrons. The Kier molecular flexibility index (Phi) is 5.18. The van der Waals surface area contributed by atoms with Gasteiger partial charge < -0.3 is 5.32 Å². The SMILES string of the molecule is CCc1nc2c(C)cc(Br)cn2c1C(=O)NCCc1ccc(F)cc1. The number of nitrogens with one attached hydrogen (secondary N) is 1. The third-order valence-electron chi connectivity index (χ3n) is 4.11. The molecule has 2 heterocycles. The highest BCUT2D eigenvalue weighted by atomic mass is 79.9. The molecule has 4 nitrogen and oxygen atoms in total. The van der Waals surface area contributed by atoms with Crippen molar-refractivity contribution in [1.29, 1.82) is 0 Å². The van der Waals surface area contributed by atoms with Crippen molar-refractivity contribution in [3.05, 3.63) is 69.3 Å². The minimum atomic E-state index is -0.257. The zero-order valence-electron chi connectivity index (χ0n) is 14.1. The summed E-state index contributed by atoms with van der Waals surface area (Å²) in [6.07, 6.45) is 3.19. The average molecular weight is 404 g/mol. The molecule has 6 heteroatoms. The van der Waals surface area contributed by atoms with E-state index in [1.165, 1.54) is 12.1 Å². The van der Waals surface area contributed by atoms with Crippen molar-refractivity contribution in [3.8, 4) is 0 Å². The summed E-state index contributed by atoms with van der Waals surface area (Å²) in [7, 11) is 0. The van der Waals surface area contributed by atoms with Crippen LogP contribution in [0.5, 0.6) is 0 Å². The lowest BCUT2D eigenvalue weighted by atomic mass is 10.1. The minimum absolute atomic E-state index is 0.149. The summed E-state index contributed by atoms with van der Waals surface area (Å²) < 4.78 is 15.7. The van der Waals surface area contributed by atoms with Crippen LogP contribution in [0.3, 0.4) is 0 Å². The van der Waals surface area contributed by atoms with Gasteiger partial charge in [0.25, 0.3) is 5.91 Å². The second-order valence-corrected chi connectivity index (χ2v) is 6.84. The number of carbonyl (C=O) groups excluding carboxylic acids is 1. The van der Waals surface area contributed by atoms with Gasteiger partial charge in [-0.2, -0.15) is 0 Å². The molecule has 0 saturated carbocycles. The van der Waals surface area contributed by atoms with Gasteiger partial charge in [0.1, 0.15) is 17.2 Å². The number of pyridine rings is 1. The minimum Gasteiger partial charge on any atom is -0.350 e. The van der Waals surface area contributed by atoms with Gasteiger partial charge in [-0.1, -0.05) is 19.1 Å². The Hall–Kier alpha value is -2.21. The van der Waals surface area contributed by atoms with Crippen LogP contribution in [0.2, 0.25) is 0 Å². The highest BCUT2D eigenvalue weighted by Crippen LogP contribution is 2.21. The molecule has 0 atom stereocenters. The number of nitrogens with zero attached hydrogens (tertiary/aromatic N) is 2. The van der Waals surface area contributed by atoms with Crippen molar-refractivity contribution in [2.45, 2.75) is 26.7 Å². The summed E-state index contributed by atoms with van der Waals surface area (Å²) in [6.45, 7) is 4.44. The first kappa shape index (κ1) is 17.6. The smallest absolute Gasteiger partial charge is 0.270 e. The molecule has 1 amide bonds. The largest absolute Gasteiger partial charge is 0.350 e. The zero-order chi connectivity index (χ0) is 18.0. The number of halogens is 2. The molecule has 0 spiro atoms. The number of rotatable bonds is 5. The van der Waals surface area contributed by atoms with E-state index < -0.39 is 0 Å². The zero-order valence-corrected chi connectivity index (χ0v) is 15.7. The second kappa shape index (κ2) is 7.35. The molecular formula is C19H19BrFN3O. The number of carbonyl (C=O) groups is 1. The van der Waals surface area contributed by atoms with E-state index in [1.54, 1.807) is 12.1 Å². The van der Waals surface area contributed by atoms with Crippen molar-refractivity contribution in [2.24, 2.45) is 0 Å². The Labute approximate surface area is 154 Å². The lowest BCUT2D eigenvalue weighted by molar-refractivity contribution is 0.0947. The lowest BCUT2D eigenvalue weighted by Gasteiger charge is -2.08. The van der Waals surface area contributed by atoms with Crippen molar-refractivity contribution < 1.29 is 9.18 Å². The van der Waals surface area contributed by atoms with Gasteiger partial charge in [-0.25, -0.2) is 9.37 Å². The van der Waals surface area contributed by atoms with E-state index in [2.05, 4.69) is 26.2 Å². The number of hydrogen-bond acceptors (Lipinski definition) is 2. The summed E-state index contributed by atoms with van der Waals surface area (Å²) in [5.74, 6) is -0.406. The second-order valence-electron chi connectivity index (χ2n) is 5.93. The third kappa shape index (κ3) is 3.74. The van der Waals surface area contributed by atoms with Crippen molar-refractivity contribution in [1.82, 2.24) is 14.7 Å². The van der Waals surface area contributed by atoms with Crippen LogP contribution in [0.4, 0.5) is 4.39 Å². The van der Waals surface area contributed by atoms with Crippen molar-refractivity contribution in [2.75, 3.05) is 6.54 Å². The molecule has 0 aliphatic rings. The molecule has 0 aliphatic carbocycles. The number of fused-ring (bicyclic) bond motifs is 1. The Morgan fingerprint density at radius 2 is 2.04 bits per heavy atom. The summed E-state index contributed by atoms with van der Waals surface area (Å²) in [6, 6.07) is 8.30. The normalized spacial score (nSPS) is 11.0. The van der Waals surface area contributed by atoms with Crippen LogP contribution < -0.4 is 5.32 Å². The maximum absolute atomic E-state index is 12.9. The highest BCUT2D eigenvalue weighted by Gasteiger charge is 2.19. The van der Waals surface area contributed by atoms with Crippen LogP contribution in [0.1, 0.15) is 34.2 Å². The molecule has 0 aliphatic heterocycles. The van der Waals surface area contributed by atoms with Crippen molar-refractivity contribution >= 4 is 27.5 Å². The summed E-state index contributed by atoms with van der Waals surface area (Å²) in [5.41, 5.74) is 4.13. The molecule has 130 valence electrons. The molecule has 0 bridgehead atoms. The summed E-state index contributed by atoms with van der Waals surface area (Å²) in [4.78, 5) is 17.3. The summed E-state index contributed by atoms with van der Waals surface area (Å²) >= 11 is 3.48. The Balaban J connectivity index is 1.80. The quantitative estimate of drug-likeness (QED) is 0.697. The summed E-state index contributed by atoms with van der Waals surface area (Å²) in [5, 5.41) is 2.95. The molecule has 0 unspecified atom stereocenters. The van der Waals surface area contributed by atoms with Gasteiger partial charge in [0, 0.05) is 17.2 Å². The Bertz CT molecular complexity index is 919. The molecule has 0 saturated heterocycles. The number of aryl methyl sites for hydroxylation is 2. The van der Waals surface area contributed by atoms with Gasteiger partial charge in [-0.15, -0.1) is 0 Å². The molecule has 1 aromatic carbocycles. The molecule has 25 heavy (non-hydrogen) atoms. The van der Waals surface area contributed by atoms with Gasteiger partial charge in [0.05, 0.1) is 5.69 Å². The maximum Gasteiger partial charge on any atom is 0.270 e. The number of amides is 1. The van der Waals surface area contributed by atoms with E-state index in [-0.39, 0.29) is 11.7 Å². The van der Waals surface area contributed by atoms with Gasteiger partial charge in [-0.05, 0) is 65.0 Å². The van der Waals surface area contributed by atoms with Crippen LogP contribution >= 0.6 is 15.9 Å². The number of imidazole rings is 1. The topological polar surface area (TPSA) is 46.4 Å². The number of aromatic nitrogens is 2. The van der Waals surface area contributed by atoms with E-state index in [9.17, 15) is 9.18 Å².